The van der Waals surface area contributed by atoms with Gasteiger partial charge in [0, 0.05) is 23.4 Å². The van der Waals surface area contributed by atoms with Crippen LogP contribution in [-0.2, 0) is 20.7 Å². The number of aromatic nitrogens is 1. The highest BCUT2D eigenvalue weighted by Crippen LogP contribution is 2.17. The van der Waals surface area contributed by atoms with Crippen molar-refractivity contribution in [3.63, 3.8) is 0 Å². The molecule has 1 aromatic heterocycles. The lowest BCUT2D eigenvalue weighted by Crippen LogP contribution is -2.26. The van der Waals surface area contributed by atoms with E-state index in [4.69, 9.17) is 21.7 Å². The maximum atomic E-state index is 11.7. The van der Waals surface area contributed by atoms with Gasteiger partial charge in [-0.05, 0) is 19.1 Å². The highest BCUT2D eigenvalue weighted by atomic mass is 32.1. The van der Waals surface area contributed by atoms with E-state index in [2.05, 4.69) is 4.98 Å². The highest BCUT2D eigenvalue weighted by Gasteiger charge is 2.19. The van der Waals surface area contributed by atoms with E-state index in [1.54, 1.807) is 0 Å². The van der Waals surface area contributed by atoms with Crippen LogP contribution in [0, 0.1) is 10.9 Å². The van der Waals surface area contributed by atoms with Crippen molar-refractivity contribution in [2.45, 2.75) is 32.3 Å². The standard InChI is InChI=1S/C11H15NO3S2/c1-7-9(17-11(16)12-7)6-10(13)15-8-2-4-14-5-3-8/h8H,2-6H2,1H3,(H,12,16). The van der Waals surface area contributed by atoms with E-state index in [-0.39, 0.29) is 12.1 Å². The van der Waals surface area contributed by atoms with Crippen molar-refractivity contribution in [2.75, 3.05) is 13.2 Å². The van der Waals surface area contributed by atoms with E-state index >= 15 is 0 Å². The van der Waals surface area contributed by atoms with Gasteiger partial charge in [0.1, 0.15) is 6.10 Å². The molecule has 94 valence electrons. The summed E-state index contributed by atoms with van der Waals surface area (Å²) in [5, 5.41) is 0. The van der Waals surface area contributed by atoms with Crippen molar-refractivity contribution in [2.24, 2.45) is 0 Å². The molecule has 1 aliphatic heterocycles. The van der Waals surface area contributed by atoms with Gasteiger partial charge in [-0.2, -0.15) is 0 Å². The molecule has 1 aliphatic rings. The van der Waals surface area contributed by atoms with E-state index in [1.807, 2.05) is 6.92 Å². The summed E-state index contributed by atoms with van der Waals surface area (Å²) >= 11 is 6.47. The third-order valence-corrected chi connectivity index (χ3v) is 4.03. The van der Waals surface area contributed by atoms with Gasteiger partial charge in [-0.25, -0.2) is 0 Å². The maximum absolute atomic E-state index is 11.7. The summed E-state index contributed by atoms with van der Waals surface area (Å²) in [6.45, 7) is 3.28. The third kappa shape index (κ3) is 3.62. The topological polar surface area (TPSA) is 51.3 Å². The molecule has 1 saturated heterocycles. The second-order valence-electron chi connectivity index (χ2n) is 4.04. The summed E-state index contributed by atoms with van der Waals surface area (Å²) in [6, 6.07) is 0. The number of thiazole rings is 1. The van der Waals surface area contributed by atoms with Crippen LogP contribution in [-0.4, -0.2) is 30.3 Å². The normalized spacial score (nSPS) is 17.0. The summed E-state index contributed by atoms with van der Waals surface area (Å²) in [7, 11) is 0. The molecular weight excluding hydrogens is 258 g/mol. The number of rotatable bonds is 3. The molecule has 0 saturated carbocycles. The Morgan fingerprint density at radius 1 is 1.59 bits per heavy atom. The van der Waals surface area contributed by atoms with Crippen molar-refractivity contribution in [3.05, 3.63) is 14.5 Å². The number of carbonyl (C=O) groups is 1. The minimum atomic E-state index is -0.176. The van der Waals surface area contributed by atoms with E-state index < -0.39 is 0 Å². The lowest BCUT2D eigenvalue weighted by Gasteiger charge is -2.22. The molecule has 1 fully saturated rings. The number of hydrogen-bond acceptors (Lipinski definition) is 5. The van der Waals surface area contributed by atoms with Crippen molar-refractivity contribution in [3.8, 4) is 0 Å². The first-order valence-corrected chi connectivity index (χ1v) is 6.83. The quantitative estimate of drug-likeness (QED) is 0.678. The number of ether oxygens (including phenoxy) is 2. The van der Waals surface area contributed by atoms with Gasteiger partial charge in [-0.3, -0.25) is 4.79 Å². The molecular formula is C11H15NO3S2. The molecule has 0 radical (unpaired) electrons. The van der Waals surface area contributed by atoms with Gasteiger partial charge in [-0.15, -0.1) is 11.3 Å². The second kappa shape index (κ2) is 5.75. The SMILES string of the molecule is Cc1[nH]c(=S)sc1CC(=O)OC1CCOCC1. The van der Waals surface area contributed by atoms with Crippen LogP contribution in [0.1, 0.15) is 23.4 Å². The van der Waals surface area contributed by atoms with E-state index in [9.17, 15) is 4.79 Å². The van der Waals surface area contributed by atoms with E-state index in [0.717, 1.165) is 23.4 Å². The molecule has 17 heavy (non-hydrogen) atoms. The van der Waals surface area contributed by atoms with Gasteiger partial charge in [0.15, 0.2) is 3.95 Å². The summed E-state index contributed by atoms with van der Waals surface area (Å²) in [6.07, 6.45) is 1.92. The van der Waals surface area contributed by atoms with Crippen LogP contribution in [0.25, 0.3) is 0 Å². The summed E-state index contributed by atoms with van der Waals surface area (Å²) in [5.74, 6) is -0.176. The van der Waals surface area contributed by atoms with Crippen molar-refractivity contribution in [1.82, 2.24) is 4.98 Å². The van der Waals surface area contributed by atoms with Crippen LogP contribution in [0.5, 0.6) is 0 Å². The van der Waals surface area contributed by atoms with Gasteiger partial charge >= 0.3 is 5.97 Å². The van der Waals surface area contributed by atoms with Crippen molar-refractivity contribution >= 4 is 29.5 Å². The highest BCUT2D eigenvalue weighted by molar-refractivity contribution is 7.73. The Morgan fingerprint density at radius 2 is 2.29 bits per heavy atom. The minimum absolute atomic E-state index is 0.0171. The Kier molecular flexibility index (Phi) is 4.31. The molecule has 0 aliphatic carbocycles. The van der Waals surface area contributed by atoms with Crippen LogP contribution in [0.15, 0.2) is 0 Å². The molecule has 0 aromatic carbocycles. The zero-order valence-corrected chi connectivity index (χ0v) is 11.3. The van der Waals surface area contributed by atoms with Crippen LogP contribution < -0.4 is 0 Å². The molecule has 0 unspecified atom stereocenters. The summed E-state index contributed by atoms with van der Waals surface area (Å²) < 4.78 is 11.3. The number of H-pyrrole nitrogens is 1. The number of nitrogens with one attached hydrogen (secondary N) is 1. The number of carbonyl (C=O) groups excluding carboxylic acids is 1. The van der Waals surface area contributed by atoms with E-state index in [0.29, 0.717) is 23.6 Å². The van der Waals surface area contributed by atoms with Crippen LogP contribution >= 0.6 is 23.6 Å². The molecule has 1 N–H and O–H groups in total. The molecule has 6 heteroatoms. The van der Waals surface area contributed by atoms with Gasteiger partial charge in [0.2, 0.25) is 0 Å². The lowest BCUT2D eigenvalue weighted by atomic mass is 10.1. The minimum Gasteiger partial charge on any atom is -0.462 e. The van der Waals surface area contributed by atoms with E-state index in [1.165, 1.54) is 11.3 Å². The monoisotopic (exact) mass is 273 g/mol. The third-order valence-electron chi connectivity index (χ3n) is 2.70. The Bertz CT molecular complexity index is 446. The van der Waals surface area contributed by atoms with Gasteiger partial charge in [0.25, 0.3) is 0 Å². The fraction of sp³-hybridized carbons (Fsp3) is 0.636. The Morgan fingerprint density at radius 3 is 2.88 bits per heavy atom. The number of esters is 1. The number of aromatic amines is 1. The average molecular weight is 273 g/mol. The second-order valence-corrected chi connectivity index (χ2v) is 5.81. The van der Waals surface area contributed by atoms with Gasteiger partial charge in [-0.1, -0.05) is 0 Å². The molecule has 2 heterocycles. The van der Waals surface area contributed by atoms with Gasteiger partial charge < -0.3 is 14.5 Å². The summed E-state index contributed by atoms with van der Waals surface area (Å²) in [5.41, 5.74) is 0.962. The summed E-state index contributed by atoms with van der Waals surface area (Å²) in [4.78, 5) is 15.7. The average Bonchev–Trinajstić information content (AvgIpc) is 2.58. The Balaban J connectivity index is 1.88. The van der Waals surface area contributed by atoms with Crippen LogP contribution in [0.4, 0.5) is 0 Å². The fourth-order valence-corrected chi connectivity index (χ4v) is 3.03. The first-order chi connectivity index (χ1) is 8.15. The largest absolute Gasteiger partial charge is 0.462 e. The predicted octanol–water partition coefficient (Wildman–Crippen LogP) is 2.38. The smallest absolute Gasteiger partial charge is 0.311 e. The molecule has 0 amide bonds. The van der Waals surface area contributed by atoms with Crippen molar-refractivity contribution < 1.29 is 14.3 Å². The molecule has 2 rings (SSSR count). The zero-order chi connectivity index (χ0) is 12.3. The Labute approximate surface area is 109 Å². The number of aryl methyl sites for hydroxylation is 1. The predicted molar refractivity (Wildman–Crippen MR) is 67.9 cm³/mol. The number of hydrogen-bond donors (Lipinski definition) is 1. The van der Waals surface area contributed by atoms with Gasteiger partial charge in [0.05, 0.1) is 19.6 Å². The van der Waals surface area contributed by atoms with Crippen LogP contribution in [0.3, 0.4) is 0 Å². The lowest BCUT2D eigenvalue weighted by molar-refractivity contribution is -0.152. The maximum Gasteiger partial charge on any atom is 0.311 e. The Hall–Kier alpha value is -0.720. The molecule has 0 spiro atoms. The van der Waals surface area contributed by atoms with Crippen molar-refractivity contribution in [1.29, 1.82) is 0 Å². The fourth-order valence-electron chi connectivity index (χ4n) is 1.76. The zero-order valence-electron chi connectivity index (χ0n) is 9.65. The first kappa shape index (κ1) is 12.7. The molecule has 0 atom stereocenters. The molecule has 0 bridgehead atoms. The van der Waals surface area contributed by atoms with Crippen LogP contribution in [0.2, 0.25) is 0 Å². The first-order valence-electron chi connectivity index (χ1n) is 5.61. The molecule has 4 nitrogen and oxygen atoms in total. The molecule has 1 aromatic rings.